The van der Waals surface area contributed by atoms with E-state index in [1.54, 1.807) is 21.3 Å². The third-order valence-corrected chi connectivity index (χ3v) is 7.14. The molecule has 1 saturated heterocycles. The van der Waals surface area contributed by atoms with Crippen LogP contribution < -0.4 is 19.5 Å². The molecule has 2 aliphatic rings. The Labute approximate surface area is 213 Å². The molecule has 2 aromatic carbocycles. The van der Waals surface area contributed by atoms with Crippen LogP contribution in [0, 0.1) is 0 Å². The van der Waals surface area contributed by atoms with Gasteiger partial charge in [-0.25, -0.2) is 4.79 Å². The predicted molar refractivity (Wildman–Crippen MR) is 138 cm³/mol. The second-order valence-electron chi connectivity index (χ2n) is 9.30. The summed E-state index contributed by atoms with van der Waals surface area (Å²) in [6.45, 7) is 2.50. The van der Waals surface area contributed by atoms with E-state index in [4.69, 9.17) is 14.2 Å². The van der Waals surface area contributed by atoms with Gasteiger partial charge in [-0.2, -0.15) is 0 Å². The zero-order chi connectivity index (χ0) is 25.5. The molecule has 0 aliphatic carbocycles. The zero-order valence-corrected chi connectivity index (χ0v) is 21.5. The number of rotatable bonds is 7. The first-order valence-electron chi connectivity index (χ1n) is 12.8. The van der Waals surface area contributed by atoms with E-state index < -0.39 is 0 Å². The molecule has 0 spiro atoms. The number of nitrogens with one attached hydrogen (secondary N) is 1. The van der Waals surface area contributed by atoms with Crippen molar-refractivity contribution in [3.05, 3.63) is 53.1 Å². The molecule has 0 unspecified atom stereocenters. The number of ether oxygens (including phenoxy) is 3. The molecule has 194 valence electrons. The molecule has 3 amide bonds. The molecular formula is C28H37N3O5. The van der Waals surface area contributed by atoms with Gasteiger partial charge < -0.3 is 29.3 Å². The Bertz CT molecular complexity index is 1050. The van der Waals surface area contributed by atoms with Crippen LogP contribution in [-0.2, 0) is 11.2 Å². The minimum Gasteiger partial charge on any atom is -0.497 e. The topological polar surface area (TPSA) is 80.3 Å². The molecule has 0 aromatic heterocycles. The fourth-order valence-corrected chi connectivity index (χ4v) is 5.17. The first-order chi connectivity index (χ1) is 17.5. The van der Waals surface area contributed by atoms with Crippen molar-refractivity contribution in [3.8, 4) is 17.2 Å². The van der Waals surface area contributed by atoms with Crippen molar-refractivity contribution in [3.63, 3.8) is 0 Å². The Morgan fingerprint density at radius 1 is 0.889 bits per heavy atom. The van der Waals surface area contributed by atoms with Crippen LogP contribution in [0.15, 0.2) is 36.4 Å². The van der Waals surface area contributed by atoms with Crippen molar-refractivity contribution in [2.45, 2.75) is 44.6 Å². The Hall–Kier alpha value is -3.42. The molecule has 8 heteroatoms. The van der Waals surface area contributed by atoms with Gasteiger partial charge in [-0.15, -0.1) is 0 Å². The van der Waals surface area contributed by atoms with Gasteiger partial charge in [0.25, 0.3) is 0 Å². The van der Waals surface area contributed by atoms with Crippen molar-refractivity contribution in [2.24, 2.45) is 0 Å². The summed E-state index contributed by atoms with van der Waals surface area (Å²) in [6.07, 6.45) is 5.49. The van der Waals surface area contributed by atoms with E-state index >= 15 is 0 Å². The van der Waals surface area contributed by atoms with E-state index in [0.717, 1.165) is 48.4 Å². The highest BCUT2D eigenvalue weighted by molar-refractivity contribution is 5.79. The molecule has 0 radical (unpaired) electrons. The van der Waals surface area contributed by atoms with E-state index in [2.05, 4.69) is 5.32 Å². The van der Waals surface area contributed by atoms with Gasteiger partial charge in [-0.1, -0.05) is 25.0 Å². The largest absolute Gasteiger partial charge is 0.497 e. The summed E-state index contributed by atoms with van der Waals surface area (Å²) in [5.74, 6) is 2.17. The molecule has 2 aromatic rings. The van der Waals surface area contributed by atoms with Crippen molar-refractivity contribution in [1.29, 1.82) is 0 Å². The minimum absolute atomic E-state index is 0.115. The highest BCUT2D eigenvalue weighted by Crippen LogP contribution is 2.41. The smallest absolute Gasteiger partial charge is 0.318 e. The highest BCUT2D eigenvalue weighted by Gasteiger charge is 2.33. The summed E-state index contributed by atoms with van der Waals surface area (Å²) < 4.78 is 16.4. The van der Waals surface area contributed by atoms with E-state index in [1.165, 1.54) is 12.8 Å². The maximum absolute atomic E-state index is 13.4. The number of nitrogens with zero attached hydrogens (tertiary/aromatic N) is 2. The number of methoxy groups -OCH3 is 3. The number of likely N-dealkylation sites (tertiary alicyclic amines) is 1. The summed E-state index contributed by atoms with van der Waals surface area (Å²) in [7, 11) is 4.87. The summed E-state index contributed by atoms with van der Waals surface area (Å²) in [5.41, 5.74) is 3.09. The lowest BCUT2D eigenvalue weighted by Gasteiger charge is -2.38. The fraction of sp³-hybridized carbons (Fsp3) is 0.500. The Morgan fingerprint density at radius 2 is 1.56 bits per heavy atom. The third kappa shape index (κ3) is 5.69. The first-order valence-corrected chi connectivity index (χ1v) is 12.8. The lowest BCUT2D eigenvalue weighted by molar-refractivity contribution is -0.131. The number of fused-ring (bicyclic) bond motifs is 1. The van der Waals surface area contributed by atoms with Gasteiger partial charge >= 0.3 is 6.03 Å². The van der Waals surface area contributed by atoms with E-state index in [1.807, 2.05) is 46.2 Å². The average Bonchev–Trinajstić information content (AvgIpc) is 3.21. The van der Waals surface area contributed by atoms with Gasteiger partial charge in [0.1, 0.15) is 5.75 Å². The van der Waals surface area contributed by atoms with E-state index in [0.29, 0.717) is 37.4 Å². The van der Waals surface area contributed by atoms with Crippen LogP contribution in [0.2, 0.25) is 0 Å². The van der Waals surface area contributed by atoms with Crippen LogP contribution in [0.1, 0.15) is 54.8 Å². The second-order valence-corrected chi connectivity index (χ2v) is 9.30. The van der Waals surface area contributed by atoms with Crippen LogP contribution in [0.3, 0.4) is 0 Å². The lowest BCUT2D eigenvalue weighted by atomic mass is 9.87. The number of benzene rings is 2. The van der Waals surface area contributed by atoms with Gasteiger partial charge in [0.15, 0.2) is 11.5 Å². The molecule has 2 aliphatic heterocycles. The third-order valence-electron chi connectivity index (χ3n) is 7.14. The zero-order valence-electron chi connectivity index (χ0n) is 21.5. The fourth-order valence-electron chi connectivity index (χ4n) is 5.17. The Morgan fingerprint density at radius 3 is 2.19 bits per heavy atom. The van der Waals surface area contributed by atoms with Crippen LogP contribution in [0.4, 0.5) is 4.79 Å². The minimum atomic E-state index is -0.305. The molecule has 1 fully saturated rings. The number of carbonyl (C=O) groups excluding carboxylic acids is 2. The molecule has 8 nitrogen and oxygen atoms in total. The predicted octanol–water partition coefficient (Wildman–Crippen LogP) is 4.16. The van der Waals surface area contributed by atoms with Crippen LogP contribution in [0.25, 0.3) is 0 Å². The van der Waals surface area contributed by atoms with Crippen molar-refractivity contribution in [2.75, 3.05) is 47.5 Å². The molecule has 1 N–H and O–H groups in total. The van der Waals surface area contributed by atoms with Crippen LogP contribution in [-0.4, -0.2) is 69.2 Å². The molecule has 0 saturated carbocycles. The van der Waals surface area contributed by atoms with Gasteiger partial charge in [0, 0.05) is 32.6 Å². The number of hydrogen-bond donors (Lipinski definition) is 1. The SMILES string of the molecule is COc1ccc([C@@H]2c3cc(OC)c(OC)cc3CCN2C(=O)NCCC(=O)N2CCCCCC2)cc1. The normalized spacial score (nSPS) is 17.6. The lowest BCUT2D eigenvalue weighted by Crippen LogP contribution is -2.47. The maximum Gasteiger partial charge on any atom is 0.318 e. The van der Waals surface area contributed by atoms with Gasteiger partial charge in [0.2, 0.25) is 5.91 Å². The Kier molecular flexibility index (Phi) is 8.57. The number of amides is 3. The average molecular weight is 496 g/mol. The number of urea groups is 1. The molecule has 36 heavy (non-hydrogen) atoms. The monoisotopic (exact) mass is 495 g/mol. The molecule has 0 bridgehead atoms. The Balaban J connectivity index is 1.53. The molecule has 1 atom stereocenters. The maximum atomic E-state index is 13.4. The summed E-state index contributed by atoms with van der Waals surface area (Å²) in [6, 6.07) is 11.3. The molecular weight excluding hydrogens is 458 g/mol. The van der Waals surface area contributed by atoms with Crippen molar-refractivity contribution < 1.29 is 23.8 Å². The standard InChI is InChI=1S/C28H37N3O5/c1-34-22-10-8-20(9-11-22)27-23-19-25(36-3)24(35-2)18-21(23)13-17-31(27)28(33)29-14-12-26(32)30-15-6-4-5-7-16-30/h8-11,18-19,27H,4-7,12-17H2,1-3H3,(H,29,33)/t27-/m1/s1. The van der Waals surface area contributed by atoms with Gasteiger partial charge in [-0.3, -0.25) is 4.79 Å². The van der Waals surface area contributed by atoms with E-state index in [-0.39, 0.29) is 18.0 Å². The first kappa shape index (κ1) is 25.7. The molecule has 4 rings (SSSR count). The van der Waals surface area contributed by atoms with Crippen molar-refractivity contribution in [1.82, 2.24) is 15.1 Å². The van der Waals surface area contributed by atoms with Crippen LogP contribution in [0.5, 0.6) is 17.2 Å². The number of carbonyl (C=O) groups is 2. The van der Waals surface area contributed by atoms with Gasteiger partial charge in [0.05, 0.1) is 27.4 Å². The van der Waals surface area contributed by atoms with Gasteiger partial charge in [-0.05, 0) is 60.2 Å². The van der Waals surface area contributed by atoms with E-state index in [9.17, 15) is 9.59 Å². The summed E-state index contributed by atoms with van der Waals surface area (Å²) >= 11 is 0. The van der Waals surface area contributed by atoms with Crippen LogP contribution >= 0.6 is 0 Å². The molecule has 2 heterocycles. The summed E-state index contributed by atoms with van der Waals surface area (Å²) in [4.78, 5) is 29.9. The highest BCUT2D eigenvalue weighted by atomic mass is 16.5. The quantitative estimate of drug-likeness (QED) is 0.624. The summed E-state index contributed by atoms with van der Waals surface area (Å²) in [5, 5.41) is 3.00. The number of hydrogen-bond acceptors (Lipinski definition) is 5. The second kappa shape index (κ2) is 12.0. The van der Waals surface area contributed by atoms with Crippen molar-refractivity contribution >= 4 is 11.9 Å².